The third-order valence-electron chi connectivity index (χ3n) is 6.03. The van der Waals surface area contributed by atoms with Gasteiger partial charge >= 0.3 is 5.63 Å². The second-order valence-corrected chi connectivity index (χ2v) is 9.25. The molecule has 0 bridgehead atoms. The van der Waals surface area contributed by atoms with E-state index in [4.69, 9.17) is 4.42 Å². The maximum absolute atomic E-state index is 13.2. The molecule has 1 aliphatic heterocycles. The lowest BCUT2D eigenvalue weighted by molar-refractivity contribution is -0.130. The molecule has 0 saturated carbocycles. The van der Waals surface area contributed by atoms with Gasteiger partial charge in [0.25, 0.3) is 11.8 Å². The fourth-order valence-corrected chi connectivity index (χ4v) is 5.57. The first kappa shape index (κ1) is 21.2. The van der Waals surface area contributed by atoms with Crippen molar-refractivity contribution in [3.63, 3.8) is 0 Å². The first-order chi connectivity index (χ1) is 17.1. The van der Waals surface area contributed by atoms with E-state index in [2.05, 4.69) is 10.4 Å². The van der Waals surface area contributed by atoms with Crippen LogP contribution in [0.15, 0.2) is 94.1 Å². The molecule has 6 rings (SSSR count). The largest absolute Gasteiger partial charge is 0.422 e. The number of nitrogens with zero attached hydrogens (tertiary/aromatic N) is 1. The molecular weight excluding hydrogens is 462 g/mol. The molecule has 2 amide bonds. The molecule has 0 radical (unpaired) electrons. The molecule has 1 saturated heterocycles. The molecule has 2 aromatic heterocycles. The number of amides is 2. The summed E-state index contributed by atoms with van der Waals surface area (Å²) in [6.45, 7) is 0. The molecule has 5 aromatic rings. The predicted octanol–water partition coefficient (Wildman–Crippen LogP) is 4.86. The average molecular weight is 482 g/mol. The van der Waals surface area contributed by atoms with Gasteiger partial charge < -0.3 is 9.40 Å². The molecular formula is C27H19N3O4S. The SMILES string of the molecule is O=C(NN1C(=O)CSC1c1c(-c2ccccc2)[nH]c2ccccc12)c1cc2ccccc2oc1=O. The Morgan fingerprint density at radius 2 is 1.71 bits per heavy atom. The van der Waals surface area contributed by atoms with E-state index in [0.717, 1.165) is 27.7 Å². The quantitative estimate of drug-likeness (QED) is 0.358. The molecule has 3 aromatic carbocycles. The molecule has 1 aliphatic rings. The Balaban J connectivity index is 1.41. The highest BCUT2D eigenvalue weighted by atomic mass is 32.2. The predicted molar refractivity (Wildman–Crippen MR) is 136 cm³/mol. The van der Waals surface area contributed by atoms with Gasteiger partial charge in [-0.1, -0.05) is 66.7 Å². The van der Waals surface area contributed by atoms with Gasteiger partial charge in [0.2, 0.25) is 0 Å². The fraction of sp³-hybridized carbons (Fsp3) is 0.0741. The van der Waals surface area contributed by atoms with Crippen LogP contribution in [0, 0.1) is 0 Å². The Morgan fingerprint density at radius 1 is 0.971 bits per heavy atom. The van der Waals surface area contributed by atoms with Gasteiger partial charge in [0.15, 0.2) is 0 Å². The number of fused-ring (bicyclic) bond motifs is 2. The molecule has 7 nitrogen and oxygen atoms in total. The van der Waals surface area contributed by atoms with Crippen LogP contribution in [0.4, 0.5) is 0 Å². The number of carbonyl (C=O) groups excluding carboxylic acids is 2. The monoisotopic (exact) mass is 481 g/mol. The lowest BCUT2D eigenvalue weighted by Crippen LogP contribution is -2.45. The molecule has 0 spiro atoms. The van der Waals surface area contributed by atoms with Crippen molar-refractivity contribution >= 4 is 45.4 Å². The minimum atomic E-state index is -0.755. The maximum Gasteiger partial charge on any atom is 0.349 e. The molecule has 1 atom stereocenters. The average Bonchev–Trinajstić information content (AvgIpc) is 3.44. The van der Waals surface area contributed by atoms with E-state index in [0.29, 0.717) is 11.0 Å². The first-order valence-electron chi connectivity index (χ1n) is 11.0. The molecule has 3 heterocycles. The van der Waals surface area contributed by atoms with Gasteiger partial charge in [-0.2, -0.15) is 0 Å². The van der Waals surface area contributed by atoms with Crippen LogP contribution in [0.1, 0.15) is 21.3 Å². The van der Waals surface area contributed by atoms with Crippen molar-refractivity contribution in [3.05, 3.63) is 106 Å². The number of rotatable bonds is 4. The summed E-state index contributed by atoms with van der Waals surface area (Å²) in [4.78, 5) is 42.1. The highest BCUT2D eigenvalue weighted by Gasteiger charge is 2.38. The van der Waals surface area contributed by atoms with Crippen LogP contribution >= 0.6 is 11.8 Å². The van der Waals surface area contributed by atoms with Crippen molar-refractivity contribution in [2.45, 2.75) is 5.37 Å². The summed E-state index contributed by atoms with van der Waals surface area (Å²) in [5, 5.41) is 2.43. The van der Waals surface area contributed by atoms with Crippen LogP contribution in [-0.2, 0) is 4.79 Å². The molecule has 8 heteroatoms. The Morgan fingerprint density at radius 3 is 2.57 bits per heavy atom. The van der Waals surface area contributed by atoms with E-state index in [1.54, 1.807) is 24.3 Å². The minimum absolute atomic E-state index is 0.158. The first-order valence-corrected chi connectivity index (χ1v) is 12.1. The fourth-order valence-electron chi connectivity index (χ4n) is 4.40. The lowest BCUT2D eigenvalue weighted by Gasteiger charge is -2.25. The van der Waals surface area contributed by atoms with Crippen molar-refractivity contribution in [2.24, 2.45) is 0 Å². The van der Waals surface area contributed by atoms with Crippen molar-refractivity contribution in [2.75, 3.05) is 5.75 Å². The molecule has 172 valence electrons. The zero-order valence-electron chi connectivity index (χ0n) is 18.4. The second-order valence-electron chi connectivity index (χ2n) is 8.18. The van der Waals surface area contributed by atoms with Crippen LogP contribution in [0.2, 0.25) is 0 Å². The smallest absolute Gasteiger partial charge is 0.349 e. The Labute approximate surface area is 203 Å². The van der Waals surface area contributed by atoms with Crippen molar-refractivity contribution in [3.8, 4) is 11.3 Å². The van der Waals surface area contributed by atoms with E-state index < -0.39 is 16.9 Å². The van der Waals surface area contributed by atoms with Crippen LogP contribution in [0.5, 0.6) is 0 Å². The number of para-hydroxylation sites is 2. The van der Waals surface area contributed by atoms with Gasteiger partial charge in [0, 0.05) is 21.9 Å². The van der Waals surface area contributed by atoms with Crippen LogP contribution in [0.25, 0.3) is 33.1 Å². The van der Waals surface area contributed by atoms with E-state index >= 15 is 0 Å². The Hall–Kier alpha value is -4.30. The van der Waals surface area contributed by atoms with Gasteiger partial charge in [0.05, 0.1) is 11.4 Å². The van der Waals surface area contributed by atoms with Gasteiger partial charge in [-0.25, -0.2) is 9.80 Å². The van der Waals surface area contributed by atoms with Crippen molar-refractivity contribution in [1.29, 1.82) is 0 Å². The standard InChI is InChI=1S/C27H19N3O4S/c31-22-15-35-26(23-18-11-5-6-12-20(18)28-24(23)16-8-2-1-3-9-16)30(22)29-25(32)19-14-17-10-4-7-13-21(17)34-27(19)33/h1-14,26,28H,15H2,(H,29,32). The Bertz CT molecular complexity index is 1660. The van der Waals surface area contributed by atoms with Gasteiger partial charge in [0.1, 0.15) is 16.5 Å². The van der Waals surface area contributed by atoms with Crippen LogP contribution < -0.4 is 11.1 Å². The number of hydrogen-bond acceptors (Lipinski definition) is 5. The minimum Gasteiger partial charge on any atom is -0.422 e. The summed E-state index contributed by atoms with van der Waals surface area (Å²) in [7, 11) is 0. The van der Waals surface area contributed by atoms with Crippen LogP contribution in [0.3, 0.4) is 0 Å². The third kappa shape index (κ3) is 3.68. The molecule has 1 fully saturated rings. The normalized spacial score (nSPS) is 15.7. The molecule has 0 aliphatic carbocycles. The van der Waals surface area contributed by atoms with Gasteiger partial charge in [-0.3, -0.25) is 15.0 Å². The molecule has 1 unspecified atom stereocenters. The summed E-state index contributed by atoms with van der Waals surface area (Å²) in [6.07, 6.45) is 0. The van der Waals surface area contributed by atoms with E-state index in [1.807, 2.05) is 54.6 Å². The summed E-state index contributed by atoms with van der Waals surface area (Å²) >= 11 is 1.42. The van der Waals surface area contributed by atoms with Gasteiger partial charge in [-0.15, -0.1) is 11.8 Å². The number of nitrogens with one attached hydrogen (secondary N) is 2. The number of hydrogen-bond donors (Lipinski definition) is 2. The van der Waals surface area contributed by atoms with E-state index in [9.17, 15) is 14.4 Å². The number of carbonyl (C=O) groups is 2. The number of thioether (sulfide) groups is 1. The van der Waals surface area contributed by atoms with Crippen molar-refractivity contribution < 1.29 is 14.0 Å². The second kappa shape index (κ2) is 8.48. The zero-order valence-corrected chi connectivity index (χ0v) is 19.2. The highest BCUT2D eigenvalue weighted by molar-refractivity contribution is 8.00. The lowest BCUT2D eigenvalue weighted by atomic mass is 10.0. The van der Waals surface area contributed by atoms with Crippen LogP contribution in [-0.4, -0.2) is 27.6 Å². The number of benzene rings is 3. The van der Waals surface area contributed by atoms with Crippen molar-refractivity contribution in [1.82, 2.24) is 15.4 Å². The highest BCUT2D eigenvalue weighted by Crippen LogP contribution is 2.45. The topological polar surface area (TPSA) is 95.4 Å². The molecule has 2 N–H and O–H groups in total. The number of aromatic amines is 1. The summed E-state index contributed by atoms with van der Waals surface area (Å²) in [5.41, 5.74) is 5.84. The number of aromatic nitrogens is 1. The summed E-state index contributed by atoms with van der Waals surface area (Å²) in [5.74, 6) is -0.736. The maximum atomic E-state index is 13.2. The zero-order chi connectivity index (χ0) is 23.9. The van der Waals surface area contributed by atoms with E-state index in [1.165, 1.54) is 22.8 Å². The summed E-state index contributed by atoms with van der Waals surface area (Å²) < 4.78 is 5.31. The molecule has 35 heavy (non-hydrogen) atoms. The Kier molecular flexibility index (Phi) is 5.15. The number of hydrazine groups is 1. The summed E-state index contributed by atoms with van der Waals surface area (Å²) in [6, 6.07) is 26.2. The third-order valence-corrected chi connectivity index (χ3v) is 7.21. The van der Waals surface area contributed by atoms with E-state index in [-0.39, 0.29) is 17.2 Å². The number of H-pyrrole nitrogens is 1. The van der Waals surface area contributed by atoms with Gasteiger partial charge in [-0.05, 0) is 23.8 Å².